The highest BCUT2D eigenvalue weighted by atomic mass is 16.5. The van der Waals surface area contributed by atoms with E-state index >= 15 is 0 Å². The lowest BCUT2D eigenvalue weighted by molar-refractivity contribution is 0.00377. The van der Waals surface area contributed by atoms with Crippen LogP contribution in [0, 0.1) is 0 Å². The van der Waals surface area contributed by atoms with Gasteiger partial charge in [-0.15, -0.1) is 0 Å². The average Bonchev–Trinajstić information content (AvgIpc) is 2.16. The van der Waals surface area contributed by atoms with E-state index in [9.17, 15) is 5.11 Å². The maximum Gasteiger partial charge on any atom is 0.0897 e. The molecule has 0 aromatic carbocycles. The van der Waals surface area contributed by atoms with Crippen LogP contribution in [0.15, 0.2) is 0 Å². The molecule has 0 amide bonds. The zero-order valence-electron chi connectivity index (χ0n) is 8.81. The van der Waals surface area contributed by atoms with Crippen LogP contribution >= 0.6 is 0 Å². The normalized spacial score (nSPS) is 13.9. The number of nitrogens with one attached hydrogen (secondary N) is 1. The second kappa shape index (κ2) is 8.14. The van der Waals surface area contributed by atoms with Crippen molar-refractivity contribution in [1.29, 1.82) is 0 Å². The van der Waals surface area contributed by atoms with Crippen LogP contribution in [0.2, 0.25) is 0 Å². The standard InChI is InChI=1S/C9H21NO4/c1-7(2)14-6-9(13)3-10-8(4-11)5-12/h7-13H,3-6H2,1-2H3. The Morgan fingerprint density at radius 1 is 1.21 bits per heavy atom. The zero-order valence-corrected chi connectivity index (χ0v) is 8.81. The summed E-state index contributed by atoms with van der Waals surface area (Å²) in [6.45, 7) is 4.06. The number of aliphatic hydroxyl groups excluding tert-OH is 3. The van der Waals surface area contributed by atoms with E-state index in [0.717, 1.165) is 0 Å². The van der Waals surface area contributed by atoms with Crippen LogP contribution in [0.3, 0.4) is 0 Å². The molecule has 86 valence electrons. The summed E-state index contributed by atoms with van der Waals surface area (Å²) in [5.74, 6) is 0. The fourth-order valence-electron chi connectivity index (χ4n) is 0.852. The molecule has 0 heterocycles. The molecule has 0 bridgehead atoms. The molecule has 0 aliphatic carbocycles. The Labute approximate surface area is 84.7 Å². The highest BCUT2D eigenvalue weighted by Crippen LogP contribution is 1.91. The fourth-order valence-corrected chi connectivity index (χ4v) is 0.852. The van der Waals surface area contributed by atoms with Crippen LogP contribution in [0.25, 0.3) is 0 Å². The first kappa shape index (κ1) is 13.8. The van der Waals surface area contributed by atoms with Crippen LogP contribution in [0.1, 0.15) is 13.8 Å². The summed E-state index contributed by atoms with van der Waals surface area (Å²) in [7, 11) is 0. The monoisotopic (exact) mass is 207 g/mol. The Balaban J connectivity index is 3.46. The van der Waals surface area contributed by atoms with Gasteiger partial charge in [0.05, 0.1) is 38.1 Å². The Hall–Kier alpha value is -0.200. The minimum atomic E-state index is -0.613. The molecule has 14 heavy (non-hydrogen) atoms. The van der Waals surface area contributed by atoms with Crippen molar-refractivity contribution in [3.8, 4) is 0 Å². The van der Waals surface area contributed by atoms with E-state index in [4.69, 9.17) is 14.9 Å². The first-order valence-corrected chi connectivity index (χ1v) is 4.84. The van der Waals surface area contributed by atoms with Gasteiger partial charge in [-0.2, -0.15) is 0 Å². The van der Waals surface area contributed by atoms with Gasteiger partial charge in [0.2, 0.25) is 0 Å². The number of aliphatic hydroxyl groups is 3. The smallest absolute Gasteiger partial charge is 0.0897 e. The summed E-state index contributed by atoms with van der Waals surface area (Å²) in [5, 5.41) is 29.6. The second-order valence-corrected chi connectivity index (χ2v) is 3.51. The van der Waals surface area contributed by atoms with E-state index in [1.807, 2.05) is 13.8 Å². The zero-order chi connectivity index (χ0) is 11.0. The van der Waals surface area contributed by atoms with Gasteiger partial charge in [0.15, 0.2) is 0 Å². The van der Waals surface area contributed by atoms with E-state index in [-0.39, 0.29) is 32.0 Å². The maximum atomic E-state index is 9.39. The minimum absolute atomic E-state index is 0.0936. The average molecular weight is 207 g/mol. The van der Waals surface area contributed by atoms with Gasteiger partial charge < -0.3 is 25.4 Å². The van der Waals surface area contributed by atoms with Gasteiger partial charge in [0.1, 0.15) is 0 Å². The van der Waals surface area contributed by atoms with Crippen molar-refractivity contribution in [1.82, 2.24) is 5.32 Å². The molecule has 5 heteroatoms. The predicted molar refractivity (Wildman–Crippen MR) is 53.1 cm³/mol. The summed E-state index contributed by atoms with van der Waals surface area (Å²) in [4.78, 5) is 0. The van der Waals surface area contributed by atoms with E-state index < -0.39 is 6.10 Å². The molecule has 0 saturated heterocycles. The Morgan fingerprint density at radius 2 is 1.79 bits per heavy atom. The SMILES string of the molecule is CC(C)OCC(O)CNC(CO)CO. The van der Waals surface area contributed by atoms with Crippen molar-refractivity contribution in [2.45, 2.75) is 32.1 Å². The van der Waals surface area contributed by atoms with Gasteiger partial charge in [0.25, 0.3) is 0 Å². The molecule has 1 atom stereocenters. The van der Waals surface area contributed by atoms with Crippen LogP contribution in [0.5, 0.6) is 0 Å². The van der Waals surface area contributed by atoms with Crippen molar-refractivity contribution in [2.75, 3.05) is 26.4 Å². The predicted octanol–water partition coefficient (Wildman–Crippen LogP) is -1.28. The lowest BCUT2D eigenvalue weighted by Crippen LogP contribution is -2.41. The van der Waals surface area contributed by atoms with Crippen LogP contribution in [-0.2, 0) is 4.74 Å². The highest BCUT2D eigenvalue weighted by Gasteiger charge is 2.09. The molecular weight excluding hydrogens is 186 g/mol. The third-order valence-corrected chi connectivity index (χ3v) is 1.70. The van der Waals surface area contributed by atoms with E-state index in [1.54, 1.807) is 0 Å². The van der Waals surface area contributed by atoms with Gasteiger partial charge in [-0.25, -0.2) is 0 Å². The lowest BCUT2D eigenvalue weighted by atomic mass is 10.3. The summed E-state index contributed by atoms with van der Waals surface area (Å²) in [6, 6.07) is -0.372. The van der Waals surface area contributed by atoms with Gasteiger partial charge >= 0.3 is 0 Å². The summed E-state index contributed by atoms with van der Waals surface area (Å²) in [6.07, 6.45) is -0.519. The largest absolute Gasteiger partial charge is 0.395 e. The van der Waals surface area contributed by atoms with E-state index in [1.165, 1.54) is 0 Å². The minimum Gasteiger partial charge on any atom is -0.395 e. The molecule has 0 rings (SSSR count). The lowest BCUT2D eigenvalue weighted by Gasteiger charge is -2.17. The number of ether oxygens (including phenoxy) is 1. The Morgan fingerprint density at radius 3 is 2.21 bits per heavy atom. The molecule has 0 saturated carbocycles. The topological polar surface area (TPSA) is 82.0 Å². The van der Waals surface area contributed by atoms with Crippen LogP contribution in [0.4, 0.5) is 0 Å². The molecule has 0 radical (unpaired) electrons. The third-order valence-electron chi connectivity index (χ3n) is 1.70. The highest BCUT2D eigenvalue weighted by molar-refractivity contribution is 4.67. The second-order valence-electron chi connectivity index (χ2n) is 3.51. The van der Waals surface area contributed by atoms with Gasteiger partial charge in [-0.05, 0) is 13.8 Å². The molecule has 0 aromatic heterocycles. The van der Waals surface area contributed by atoms with Crippen molar-refractivity contribution in [2.24, 2.45) is 0 Å². The number of rotatable bonds is 8. The Kier molecular flexibility index (Phi) is 8.02. The molecule has 0 fully saturated rings. The van der Waals surface area contributed by atoms with E-state index in [2.05, 4.69) is 5.32 Å². The number of hydrogen-bond acceptors (Lipinski definition) is 5. The molecule has 4 N–H and O–H groups in total. The number of hydrogen-bond donors (Lipinski definition) is 4. The van der Waals surface area contributed by atoms with Gasteiger partial charge in [0, 0.05) is 6.54 Å². The molecule has 0 aromatic rings. The first-order valence-electron chi connectivity index (χ1n) is 4.84. The van der Waals surface area contributed by atoms with Crippen molar-refractivity contribution in [3.63, 3.8) is 0 Å². The maximum absolute atomic E-state index is 9.39. The molecular formula is C9H21NO4. The van der Waals surface area contributed by atoms with E-state index in [0.29, 0.717) is 6.54 Å². The van der Waals surface area contributed by atoms with Crippen LogP contribution < -0.4 is 5.32 Å². The first-order chi connectivity index (χ1) is 6.60. The quantitative estimate of drug-likeness (QED) is 0.398. The third kappa shape index (κ3) is 7.23. The molecule has 0 aliphatic heterocycles. The van der Waals surface area contributed by atoms with Crippen molar-refractivity contribution >= 4 is 0 Å². The van der Waals surface area contributed by atoms with Crippen molar-refractivity contribution < 1.29 is 20.1 Å². The fraction of sp³-hybridized carbons (Fsp3) is 1.00. The molecule has 0 aliphatic rings. The molecule has 1 unspecified atom stereocenters. The Bertz CT molecular complexity index is 128. The molecule has 0 spiro atoms. The van der Waals surface area contributed by atoms with Crippen molar-refractivity contribution in [3.05, 3.63) is 0 Å². The van der Waals surface area contributed by atoms with Crippen LogP contribution in [-0.4, -0.2) is 59.9 Å². The summed E-state index contributed by atoms with van der Waals surface area (Å²) >= 11 is 0. The van der Waals surface area contributed by atoms with Gasteiger partial charge in [-0.1, -0.05) is 0 Å². The van der Waals surface area contributed by atoms with Gasteiger partial charge in [-0.3, -0.25) is 0 Å². The summed E-state index contributed by atoms with van der Waals surface area (Å²) < 4.78 is 5.19. The molecule has 5 nitrogen and oxygen atoms in total. The summed E-state index contributed by atoms with van der Waals surface area (Å²) in [5.41, 5.74) is 0.